The highest BCUT2D eigenvalue weighted by molar-refractivity contribution is 7.08. The maximum Gasteiger partial charge on any atom is 0.272 e. The lowest BCUT2D eigenvalue weighted by Gasteiger charge is -2.31. The largest absolute Gasteiger partial charge is 0.337 e. The van der Waals surface area contributed by atoms with Gasteiger partial charge in [-0.05, 0) is 49.4 Å². The van der Waals surface area contributed by atoms with Crippen LogP contribution in [0.4, 0.5) is 0 Å². The minimum Gasteiger partial charge on any atom is -0.337 e. The average Bonchev–Trinajstić information content (AvgIpc) is 3.33. The molecule has 1 amide bonds. The zero-order chi connectivity index (χ0) is 20.5. The number of amides is 1. The van der Waals surface area contributed by atoms with E-state index in [1.165, 1.54) is 0 Å². The SMILES string of the molecule is Cc1cc(-c2ccsc2)nc(C2CCN(C(=O)c3ccc4ccccc4n3)CC2)n1. The normalized spacial score (nSPS) is 14.9. The van der Waals surface area contributed by atoms with Gasteiger partial charge in [-0.15, -0.1) is 0 Å². The summed E-state index contributed by atoms with van der Waals surface area (Å²) >= 11 is 1.67. The molecule has 0 unspecified atom stereocenters. The van der Waals surface area contributed by atoms with Gasteiger partial charge >= 0.3 is 0 Å². The van der Waals surface area contributed by atoms with Crippen molar-refractivity contribution in [3.8, 4) is 11.3 Å². The van der Waals surface area contributed by atoms with Gasteiger partial charge in [0.05, 0.1) is 11.2 Å². The lowest BCUT2D eigenvalue weighted by Crippen LogP contribution is -2.38. The predicted molar refractivity (Wildman–Crippen MR) is 120 cm³/mol. The topological polar surface area (TPSA) is 59.0 Å². The molecule has 0 saturated carbocycles. The number of likely N-dealkylation sites (tertiary alicyclic amines) is 1. The number of pyridine rings is 1. The minimum absolute atomic E-state index is 0.00308. The molecule has 1 aromatic carbocycles. The number of nitrogens with zero attached hydrogens (tertiary/aromatic N) is 4. The van der Waals surface area contributed by atoms with Crippen molar-refractivity contribution in [1.29, 1.82) is 0 Å². The zero-order valence-corrected chi connectivity index (χ0v) is 17.6. The Kier molecular flexibility index (Phi) is 5.01. The first kappa shape index (κ1) is 18.9. The second kappa shape index (κ2) is 7.95. The molecule has 5 rings (SSSR count). The smallest absolute Gasteiger partial charge is 0.272 e. The van der Waals surface area contributed by atoms with E-state index in [9.17, 15) is 4.79 Å². The van der Waals surface area contributed by atoms with Crippen molar-refractivity contribution in [2.45, 2.75) is 25.7 Å². The molecule has 30 heavy (non-hydrogen) atoms. The molecular formula is C24H22N4OS. The zero-order valence-electron chi connectivity index (χ0n) is 16.8. The van der Waals surface area contributed by atoms with Crippen LogP contribution in [-0.2, 0) is 0 Å². The maximum absolute atomic E-state index is 13.0. The van der Waals surface area contributed by atoms with E-state index in [1.54, 1.807) is 11.3 Å². The Balaban J connectivity index is 1.31. The number of hydrogen-bond acceptors (Lipinski definition) is 5. The molecule has 0 atom stereocenters. The molecule has 3 aromatic heterocycles. The highest BCUT2D eigenvalue weighted by atomic mass is 32.1. The van der Waals surface area contributed by atoms with E-state index in [0.717, 1.165) is 46.5 Å². The summed E-state index contributed by atoms with van der Waals surface area (Å²) in [5.74, 6) is 1.17. The van der Waals surface area contributed by atoms with Gasteiger partial charge < -0.3 is 4.90 Å². The fourth-order valence-corrected chi connectivity index (χ4v) is 4.67. The summed E-state index contributed by atoms with van der Waals surface area (Å²) in [4.78, 5) is 29.0. The summed E-state index contributed by atoms with van der Waals surface area (Å²) in [6, 6.07) is 15.8. The predicted octanol–water partition coefficient (Wildman–Crippen LogP) is 5.08. The van der Waals surface area contributed by atoms with Gasteiger partial charge in [-0.2, -0.15) is 11.3 Å². The van der Waals surface area contributed by atoms with Gasteiger partial charge in [0.15, 0.2) is 0 Å². The summed E-state index contributed by atoms with van der Waals surface area (Å²) < 4.78 is 0. The first-order valence-electron chi connectivity index (χ1n) is 10.2. The van der Waals surface area contributed by atoms with Gasteiger partial charge in [-0.3, -0.25) is 4.79 Å². The van der Waals surface area contributed by atoms with Crippen LogP contribution >= 0.6 is 11.3 Å². The second-order valence-electron chi connectivity index (χ2n) is 7.72. The first-order chi connectivity index (χ1) is 14.7. The Morgan fingerprint density at radius 2 is 1.87 bits per heavy atom. The van der Waals surface area contributed by atoms with Gasteiger partial charge in [0, 0.05) is 41.0 Å². The molecule has 0 aliphatic carbocycles. The number of piperidine rings is 1. The lowest BCUT2D eigenvalue weighted by molar-refractivity contribution is 0.0705. The van der Waals surface area contributed by atoms with Crippen LogP contribution in [-0.4, -0.2) is 38.8 Å². The first-order valence-corrected chi connectivity index (χ1v) is 11.1. The Labute approximate surface area is 179 Å². The second-order valence-corrected chi connectivity index (χ2v) is 8.50. The van der Waals surface area contributed by atoms with E-state index in [4.69, 9.17) is 9.97 Å². The number of benzene rings is 1. The van der Waals surface area contributed by atoms with E-state index in [-0.39, 0.29) is 11.8 Å². The number of aryl methyl sites for hydroxylation is 1. The summed E-state index contributed by atoms with van der Waals surface area (Å²) in [6.45, 7) is 3.41. The Bertz CT molecular complexity index is 1200. The molecule has 6 heteroatoms. The average molecular weight is 415 g/mol. The number of fused-ring (bicyclic) bond motifs is 1. The molecule has 5 nitrogen and oxygen atoms in total. The summed E-state index contributed by atoms with van der Waals surface area (Å²) in [5.41, 5.74) is 4.48. The number of hydrogen-bond donors (Lipinski definition) is 0. The van der Waals surface area contributed by atoms with Crippen LogP contribution in [0.1, 0.15) is 40.8 Å². The highest BCUT2D eigenvalue weighted by Crippen LogP contribution is 2.29. The molecule has 0 radical (unpaired) electrons. The quantitative estimate of drug-likeness (QED) is 0.469. The molecule has 1 fully saturated rings. The van der Waals surface area contributed by atoms with Crippen LogP contribution in [0.5, 0.6) is 0 Å². The minimum atomic E-state index is 0.00308. The summed E-state index contributed by atoms with van der Waals surface area (Å²) in [6.07, 6.45) is 1.73. The summed E-state index contributed by atoms with van der Waals surface area (Å²) in [5, 5.41) is 5.23. The number of carbonyl (C=O) groups is 1. The number of carbonyl (C=O) groups excluding carboxylic acids is 1. The van der Waals surface area contributed by atoms with Crippen molar-refractivity contribution >= 4 is 28.1 Å². The van der Waals surface area contributed by atoms with Crippen molar-refractivity contribution in [2.75, 3.05) is 13.1 Å². The molecule has 150 valence electrons. The van der Waals surface area contributed by atoms with E-state index < -0.39 is 0 Å². The molecule has 1 aliphatic heterocycles. The number of thiophene rings is 1. The van der Waals surface area contributed by atoms with Gasteiger partial charge in [-0.25, -0.2) is 15.0 Å². The molecule has 1 aliphatic rings. The third-order valence-electron chi connectivity index (χ3n) is 5.65. The third kappa shape index (κ3) is 3.71. The van der Waals surface area contributed by atoms with Crippen molar-refractivity contribution in [3.63, 3.8) is 0 Å². The highest BCUT2D eigenvalue weighted by Gasteiger charge is 2.27. The van der Waals surface area contributed by atoms with E-state index in [2.05, 4.69) is 21.8 Å². The van der Waals surface area contributed by atoms with Gasteiger partial charge in [0.2, 0.25) is 0 Å². The molecule has 0 N–H and O–H groups in total. The Morgan fingerprint density at radius 1 is 1.03 bits per heavy atom. The van der Waals surface area contributed by atoms with Crippen LogP contribution < -0.4 is 0 Å². The standard InChI is InChI=1S/C24H22N4OS/c1-16-14-22(19-10-13-30-15-19)27-23(25-16)18-8-11-28(12-9-18)24(29)21-7-6-17-4-2-3-5-20(17)26-21/h2-7,10,13-15,18H,8-9,11-12H2,1H3. The number of aromatic nitrogens is 3. The Hall–Kier alpha value is -3.12. The van der Waals surface area contributed by atoms with E-state index in [0.29, 0.717) is 18.8 Å². The monoisotopic (exact) mass is 414 g/mol. The Morgan fingerprint density at radius 3 is 2.67 bits per heavy atom. The third-order valence-corrected chi connectivity index (χ3v) is 6.34. The van der Waals surface area contributed by atoms with E-state index in [1.807, 2.05) is 54.3 Å². The van der Waals surface area contributed by atoms with Crippen molar-refractivity contribution in [1.82, 2.24) is 19.9 Å². The fraction of sp³-hybridized carbons (Fsp3) is 0.250. The maximum atomic E-state index is 13.0. The number of para-hydroxylation sites is 1. The molecule has 0 bridgehead atoms. The van der Waals surface area contributed by atoms with Crippen LogP contribution in [0.2, 0.25) is 0 Å². The van der Waals surface area contributed by atoms with Crippen LogP contribution in [0, 0.1) is 6.92 Å². The van der Waals surface area contributed by atoms with Crippen molar-refractivity contribution < 1.29 is 4.79 Å². The van der Waals surface area contributed by atoms with E-state index >= 15 is 0 Å². The molecule has 1 saturated heterocycles. The molecule has 4 heterocycles. The van der Waals surface area contributed by atoms with Crippen LogP contribution in [0.15, 0.2) is 59.3 Å². The van der Waals surface area contributed by atoms with Crippen LogP contribution in [0.3, 0.4) is 0 Å². The number of rotatable bonds is 3. The summed E-state index contributed by atoms with van der Waals surface area (Å²) in [7, 11) is 0. The fourth-order valence-electron chi connectivity index (χ4n) is 4.02. The molecule has 4 aromatic rings. The van der Waals surface area contributed by atoms with Gasteiger partial charge in [0.25, 0.3) is 5.91 Å². The molecule has 0 spiro atoms. The molecular weight excluding hydrogens is 392 g/mol. The lowest BCUT2D eigenvalue weighted by atomic mass is 9.95. The van der Waals surface area contributed by atoms with Crippen LogP contribution in [0.25, 0.3) is 22.2 Å². The van der Waals surface area contributed by atoms with Crippen molar-refractivity contribution in [3.05, 3.63) is 76.5 Å². The van der Waals surface area contributed by atoms with Crippen molar-refractivity contribution in [2.24, 2.45) is 0 Å². The van der Waals surface area contributed by atoms with Gasteiger partial charge in [-0.1, -0.05) is 24.3 Å². The van der Waals surface area contributed by atoms with Gasteiger partial charge in [0.1, 0.15) is 11.5 Å².